The van der Waals surface area contributed by atoms with Crippen LogP contribution < -0.4 is 10.8 Å². The van der Waals surface area contributed by atoms with Gasteiger partial charge in [-0.1, -0.05) is 0 Å². The number of carbonyl (C=O) groups is 2. The molecule has 1 aromatic rings. The van der Waals surface area contributed by atoms with E-state index in [0.29, 0.717) is 10.2 Å². The van der Waals surface area contributed by atoms with Gasteiger partial charge in [0.05, 0.1) is 5.56 Å². The highest BCUT2D eigenvalue weighted by molar-refractivity contribution is 9.10. The number of carbonyl (C=O) groups excluding carboxylic acids is 2. The number of halogens is 1. The molecule has 0 bridgehead atoms. The molecule has 80 valence electrons. The summed E-state index contributed by atoms with van der Waals surface area (Å²) in [5, 5.41) is 2.50. The smallest absolute Gasteiger partial charge is 0.268 e. The summed E-state index contributed by atoms with van der Waals surface area (Å²) in [5.41, 5.74) is 2.49. The van der Waals surface area contributed by atoms with Gasteiger partial charge in [-0.2, -0.15) is 0 Å². The normalized spacial score (nSPS) is 20.1. The average molecular weight is 275 g/mol. The van der Waals surface area contributed by atoms with Gasteiger partial charge in [-0.25, -0.2) is 5.48 Å². The van der Waals surface area contributed by atoms with Crippen molar-refractivity contribution < 1.29 is 18.8 Å². The Morgan fingerprint density at radius 2 is 2.47 bits per heavy atom. The molecular weight excluding hydrogens is 268 g/mol. The van der Waals surface area contributed by atoms with Crippen molar-refractivity contribution in [2.24, 2.45) is 0 Å². The van der Waals surface area contributed by atoms with Crippen molar-refractivity contribution in [1.29, 1.82) is 0 Å². The lowest BCUT2D eigenvalue weighted by Gasteiger charge is -2.05. The molecule has 2 N–H and O–H groups in total. The van der Waals surface area contributed by atoms with Gasteiger partial charge in [0, 0.05) is 6.07 Å². The van der Waals surface area contributed by atoms with Crippen LogP contribution in [0.4, 0.5) is 0 Å². The van der Waals surface area contributed by atoms with E-state index in [2.05, 4.69) is 31.6 Å². The van der Waals surface area contributed by atoms with Gasteiger partial charge in [0.25, 0.3) is 11.8 Å². The van der Waals surface area contributed by atoms with Crippen LogP contribution in [0.1, 0.15) is 10.4 Å². The SMILES string of the molecule is O=C(NC1CONC1=O)c1coc(Br)c1. The van der Waals surface area contributed by atoms with Crippen molar-refractivity contribution in [2.75, 3.05) is 6.61 Å². The van der Waals surface area contributed by atoms with Crippen molar-refractivity contribution in [1.82, 2.24) is 10.8 Å². The van der Waals surface area contributed by atoms with Crippen LogP contribution in [0.15, 0.2) is 21.4 Å². The molecule has 2 amide bonds. The second kappa shape index (κ2) is 4.03. The van der Waals surface area contributed by atoms with Crippen LogP contribution in [-0.2, 0) is 9.63 Å². The van der Waals surface area contributed by atoms with E-state index >= 15 is 0 Å². The molecule has 1 fully saturated rings. The highest BCUT2D eigenvalue weighted by atomic mass is 79.9. The summed E-state index contributed by atoms with van der Waals surface area (Å²) < 4.78 is 5.36. The molecule has 1 saturated heterocycles. The lowest BCUT2D eigenvalue weighted by Crippen LogP contribution is -2.41. The fraction of sp³-hybridized carbons (Fsp3) is 0.250. The van der Waals surface area contributed by atoms with E-state index in [1.165, 1.54) is 12.3 Å². The minimum Gasteiger partial charge on any atom is -0.457 e. The molecule has 0 radical (unpaired) electrons. The zero-order chi connectivity index (χ0) is 10.8. The molecule has 2 rings (SSSR count). The summed E-state index contributed by atoms with van der Waals surface area (Å²) in [6.45, 7) is 0.129. The van der Waals surface area contributed by atoms with Crippen LogP contribution in [0, 0.1) is 0 Å². The quantitative estimate of drug-likeness (QED) is 0.808. The first-order valence-corrected chi connectivity index (χ1v) is 4.92. The molecule has 1 unspecified atom stereocenters. The third kappa shape index (κ3) is 2.18. The number of nitrogens with one attached hydrogen (secondary N) is 2. The third-order valence-electron chi connectivity index (χ3n) is 1.87. The summed E-state index contributed by atoms with van der Waals surface area (Å²) in [6.07, 6.45) is 1.30. The lowest BCUT2D eigenvalue weighted by molar-refractivity contribution is -0.125. The minimum atomic E-state index is -0.647. The molecule has 0 aliphatic carbocycles. The molecule has 1 aromatic heterocycles. The van der Waals surface area contributed by atoms with Crippen LogP contribution in [0.25, 0.3) is 0 Å². The topological polar surface area (TPSA) is 80.6 Å². The monoisotopic (exact) mass is 274 g/mol. The first-order chi connectivity index (χ1) is 7.16. The summed E-state index contributed by atoms with van der Waals surface area (Å²) in [5.74, 6) is -0.735. The Hall–Kier alpha value is -1.34. The predicted molar refractivity (Wildman–Crippen MR) is 51.8 cm³/mol. The number of rotatable bonds is 2. The van der Waals surface area contributed by atoms with Crippen LogP contribution in [0.3, 0.4) is 0 Å². The summed E-state index contributed by atoms with van der Waals surface area (Å²) in [4.78, 5) is 27.3. The van der Waals surface area contributed by atoms with Crippen molar-refractivity contribution >= 4 is 27.7 Å². The van der Waals surface area contributed by atoms with Crippen LogP contribution in [-0.4, -0.2) is 24.5 Å². The summed E-state index contributed by atoms with van der Waals surface area (Å²) >= 11 is 3.07. The number of amides is 2. The average Bonchev–Trinajstić information content (AvgIpc) is 2.77. The zero-order valence-corrected chi connectivity index (χ0v) is 9.04. The predicted octanol–water partition coefficient (Wildman–Crippen LogP) is 0.202. The number of hydrogen-bond acceptors (Lipinski definition) is 4. The molecule has 0 saturated carbocycles. The first kappa shape index (κ1) is 10.2. The molecular formula is C8H7BrN2O4. The van der Waals surface area contributed by atoms with Crippen LogP contribution in [0.5, 0.6) is 0 Å². The highest BCUT2D eigenvalue weighted by Crippen LogP contribution is 2.14. The molecule has 1 aliphatic heterocycles. The van der Waals surface area contributed by atoms with Gasteiger partial charge in [-0.05, 0) is 15.9 Å². The number of hydroxylamine groups is 1. The fourth-order valence-corrected chi connectivity index (χ4v) is 1.46. The van der Waals surface area contributed by atoms with Gasteiger partial charge in [0.1, 0.15) is 18.9 Å². The van der Waals surface area contributed by atoms with Crippen molar-refractivity contribution in [3.05, 3.63) is 22.6 Å². The molecule has 7 heteroatoms. The Bertz CT molecular complexity index is 403. The standard InChI is InChI=1S/C8H7BrN2O4/c9-6-1-4(2-14-6)7(12)10-5-3-15-11-8(5)13/h1-2,5H,3H2,(H,10,12)(H,11,13). The van der Waals surface area contributed by atoms with E-state index in [-0.39, 0.29) is 18.4 Å². The van der Waals surface area contributed by atoms with Gasteiger partial charge in [0.15, 0.2) is 4.67 Å². The van der Waals surface area contributed by atoms with E-state index in [9.17, 15) is 9.59 Å². The molecule has 6 nitrogen and oxygen atoms in total. The molecule has 15 heavy (non-hydrogen) atoms. The fourth-order valence-electron chi connectivity index (χ4n) is 1.12. The second-order valence-corrected chi connectivity index (χ2v) is 3.72. The van der Waals surface area contributed by atoms with E-state index in [4.69, 9.17) is 4.42 Å². The van der Waals surface area contributed by atoms with Crippen LogP contribution >= 0.6 is 15.9 Å². The minimum absolute atomic E-state index is 0.129. The van der Waals surface area contributed by atoms with E-state index in [1.807, 2.05) is 0 Å². The lowest BCUT2D eigenvalue weighted by atomic mass is 10.2. The van der Waals surface area contributed by atoms with Gasteiger partial charge >= 0.3 is 0 Å². The van der Waals surface area contributed by atoms with Gasteiger partial charge in [-0.3, -0.25) is 14.4 Å². The van der Waals surface area contributed by atoms with Crippen molar-refractivity contribution in [3.8, 4) is 0 Å². The zero-order valence-electron chi connectivity index (χ0n) is 7.45. The Morgan fingerprint density at radius 3 is 3.00 bits per heavy atom. The molecule has 2 heterocycles. The number of furan rings is 1. The van der Waals surface area contributed by atoms with E-state index in [0.717, 1.165) is 0 Å². The Morgan fingerprint density at radius 1 is 1.67 bits per heavy atom. The largest absolute Gasteiger partial charge is 0.457 e. The molecule has 0 spiro atoms. The third-order valence-corrected chi connectivity index (χ3v) is 2.29. The number of hydrogen-bond donors (Lipinski definition) is 2. The van der Waals surface area contributed by atoms with Crippen molar-refractivity contribution in [3.63, 3.8) is 0 Å². The maximum atomic E-state index is 11.5. The van der Waals surface area contributed by atoms with E-state index < -0.39 is 6.04 Å². The Labute approximate surface area is 93.0 Å². The van der Waals surface area contributed by atoms with Crippen LogP contribution in [0.2, 0.25) is 0 Å². The molecule has 1 atom stereocenters. The summed E-state index contributed by atoms with van der Waals surface area (Å²) in [6, 6.07) is 0.870. The maximum Gasteiger partial charge on any atom is 0.268 e. The maximum absolute atomic E-state index is 11.5. The second-order valence-electron chi connectivity index (χ2n) is 2.94. The summed E-state index contributed by atoms with van der Waals surface area (Å²) in [7, 11) is 0. The van der Waals surface area contributed by atoms with Gasteiger partial charge < -0.3 is 9.73 Å². The first-order valence-electron chi connectivity index (χ1n) is 4.13. The Balaban J connectivity index is 2.00. The molecule has 1 aliphatic rings. The van der Waals surface area contributed by atoms with Gasteiger partial charge in [0.2, 0.25) is 0 Å². The van der Waals surface area contributed by atoms with E-state index in [1.54, 1.807) is 0 Å². The Kier molecular flexibility index (Phi) is 2.74. The van der Waals surface area contributed by atoms with Gasteiger partial charge in [-0.15, -0.1) is 0 Å². The molecule has 0 aromatic carbocycles. The highest BCUT2D eigenvalue weighted by Gasteiger charge is 2.27. The van der Waals surface area contributed by atoms with Crippen molar-refractivity contribution in [2.45, 2.75) is 6.04 Å².